The van der Waals surface area contributed by atoms with Crippen molar-refractivity contribution in [1.82, 2.24) is 10.3 Å². The molecule has 0 saturated carbocycles. The van der Waals surface area contributed by atoms with Gasteiger partial charge in [0.1, 0.15) is 11.6 Å². The molecule has 0 radical (unpaired) electrons. The lowest BCUT2D eigenvalue weighted by Crippen LogP contribution is -2.24. The Morgan fingerprint density at radius 3 is 2.47 bits per heavy atom. The molecule has 1 saturated heterocycles. The van der Waals surface area contributed by atoms with Gasteiger partial charge in [-0.05, 0) is 41.3 Å². The van der Waals surface area contributed by atoms with Gasteiger partial charge < -0.3 is 15.0 Å². The molecular weight excluding hydrogens is 384 g/mol. The molecule has 2 heterocycles. The zero-order valence-electron chi connectivity index (χ0n) is 17.0. The zero-order valence-corrected chi connectivity index (χ0v) is 17.0. The number of nitrogens with one attached hydrogen (secondary N) is 1. The number of hydrogen-bond acceptors (Lipinski definition) is 4. The highest BCUT2D eigenvalue weighted by Crippen LogP contribution is 2.29. The van der Waals surface area contributed by atoms with Gasteiger partial charge >= 0.3 is 6.61 Å². The van der Waals surface area contributed by atoms with Crippen molar-refractivity contribution >= 4 is 16.6 Å². The quantitative estimate of drug-likeness (QED) is 0.557. The average molecular weight is 411 g/mol. The summed E-state index contributed by atoms with van der Waals surface area (Å²) in [5.74, 6) is 1.24. The molecule has 1 aliphatic rings. The molecule has 4 rings (SSSR count). The summed E-state index contributed by atoms with van der Waals surface area (Å²) in [7, 11) is 0. The fraction of sp³-hybridized carbons (Fsp3) is 0.375. The SMILES string of the molecule is FC(F)Oc1ccc2ccccc2c1CNCc1ccc(N2CCCCCC2)nc1. The molecule has 0 unspecified atom stereocenters. The van der Waals surface area contributed by atoms with E-state index in [9.17, 15) is 8.78 Å². The van der Waals surface area contributed by atoms with Crippen LogP contribution >= 0.6 is 0 Å². The Morgan fingerprint density at radius 2 is 1.73 bits per heavy atom. The van der Waals surface area contributed by atoms with E-state index in [1.165, 1.54) is 25.7 Å². The van der Waals surface area contributed by atoms with Gasteiger partial charge in [-0.3, -0.25) is 0 Å². The first-order chi connectivity index (χ1) is 14.7. The molecule has 6 heteroatoms. The Kier molecular flexibility index (Phi) is 6.74. The number of ether oxygens (including phenoxy) is 1. The third-order valence-corrected chi connectivity index (χ3v) is 5.58. The van der Waals surface area contributed by atoms with Crippen LogP contribution in [-0.2, 0) is 13.1 Å². The van der Waals surface area contributed by atoms with E-state index in [1.54, 1.807) is 6.07 Å². The first-order valence-electron chi connectivity index (χ1n) is 10.6. The van der Waals surface area contributed by atoms with E-state index >= 15 is 0 Å². The highest BCUT2D eigenvalue weighted by molar-refractivity contribution is 5.87. The molecule has 0 atom stereocenters. The number of benzene rings is 2. The lowest BCUT2D eigenvalue weighted by molar-refractivity contribution is -0.0503. The summed E-state index contributed by atoms with van der Waals surface area (Å²) < 4.78 is 30.5. The lowest BCUT2D eigenvalue weighted by atomic mass is 10.0. The van der Waals surface area contributed by atoms with Gasteiger partial charge in [0.25, 0.3) is 0 Å². The van der Waals surface area contributed by atoms with Crippen molar-refractivity contribution in [1.29, 1.82) is 0 Å². The molecule has 4 nitrogen and oxygen atoms in total. The predicted octanol–water partition coefficient (Wildman–Crippen LogP) is 5.51. The molecule has 0 spiro atoms. The standard InChI is InChI=1S/C24H27F2N3O/c25-24(26)30-22-11-10-19-7-3-4-8-20(19)21(22)17-27-15-18-9-12-23(28-16-18)29-13-5-1-2-6-14-29/h3-4,7-12,16,24,27H,1-2,5-6,13-15,17H2. The highest BCUT2D eigenvalue weighted by atomic mass is 19.3. The number of rotatable bonds is 7. The minimum atomic E-state index is -2.85. The predicted molar refractivity (Wildman–Crippen MR) is 116 cm³/mol. The number of pyridine rings is 1. The summed E-state index contributed by atoms with van der Waals surface area (Å²) in [6, 6.07) is 15.3. The number of anilines is 1. The third-order valence-electron chi connectivity index (χ3n) is 5.58. The van der Waals surface area contributed by atoms with E-state index in [2.05, 4.69) is 27.3 Å². The van der Waals surface area contributed by atoms with Crippen LogP contribution in [0.1, 0.15) is 36.8 Å². The highest BCUT2D eigenvalue weighted by Gasteiger charge is 2.13. The Balaban J connectivity index is 1.43. The Bertz CT molecular complexity index is 954. The van der Waals surface area contributed by atoms with Gasteiger partial charge in [-0.1, -0.05) is 49.2 Å². The van der Waals surface area contributed by atoms with E-state index in [1.807, 2.05) is 36.5 Å². The molecule has 1 aliphatic heterocycles. The Morgan fingerprint density at radius 1 is 0.933 bits per heavy atom. The summed E-state index contributed by atoms with van der Waals surface area (Å²) in [4.78, 5) is 6.99. The summed E-state index contributed by atoms with van der Waals surface area (Å²) >= 11 is 0. The maximum absolute atomic E-state index is 12.8. The van der Waals surface area contributed by atoms with Crippen LogP contribution in [0.3, 0.4) is 0 Å². The van der Waals surface area contributed by atoms with Crippen LogP contribution in [0.25, 0.3) is 10.8 Å². The molecule has 2 aromatic carbocycles. The van der Waals surface area contributed by atoms with Crippen molar-refractivity contribution in [3.8, 4) is 5.75 Å². The van der Waals surface area contributed by atoms with Gasteiger partial charge in [-0.15, -0.1) is 0 Å². The van der Waals surface area contributed by atoms with Gasteiger partial charge in [-0.25, -0.2) is 4.98 Å². The fourth-order valence-electron chi connectivity index (χ4n) is 4.04. The van der Waals surface area contributed by atoms with Crippen molar-refractivity contribution in [2.75, 3.05) is 18.0 Å². The number of fused-ring (bicyclic) bond motifs is 1. The van der Waals surface area contributed by atoms with Gasteiger partial charge in [-0.2, -0.15) is 8.78 Å². The molecule has 30 heavy (non-hydrogen) atoms. The monoisotopic (exact) mass is 411 g/mol. The minimum Gasteiger partial charge on any atom is -0.434 e. The van der Waals surface area contributed by atoms with Crippen LogP contribution in [0.15, 0.2) is 54.7 Å². The first kappa shape index (κ1) is 20.5. The summed E-state index contributed by atoms with van der Waals surface area (Å²) in [5.41, 5.74) is 1.80. The van der Waals surface area contributed by atoms with Gasteiger partial charge in [0.05, 0.1) is 0 Å². The van der Waals surface area contributed by atoms with Crippen LogP contribution < -0.4 is 15.0 Å². The molecule has 1 aromatic heterocycles. The maximum atomic E-state index is 12.8. The Labute approximate surface area is 175 Å². The number of hydrogen-bond donors (Lipinski definition) is 1. The normalized spacial score (nSPS) is 14.8. The lowest BCUT2D eigenvalue weighted by Gasteiger charge is -2.21. The van der Waals surface area contributed by atoms with Crippen LogP contribution in [-0.4, -0.2) is 24.7 Å². The largest absolute Gasteiger partial charge is 0.434 e. The summed E-state index contributed by atoms with van der Waals surface area (Å²) in [5, 5.41) is 5.27. The zero-order chi connectivity index (χ0) is 20.8. The average Bonchev–Trinajstić information content (AvgIpc) is 3.05. The van der Waals surface area contributed by atoms with E-state index in [0.717, 1.165) is 40.8 Å². The van der Waals surface area contributed by atoms with Crippen molar-refractivity contribution < 1.29 is 13.5 Å². The van der Waals surface area contributed by atoms with Crippen LogP contribution in [0.4, 0.5) is 14.6 Å². The minimum absolute atomic E-state index is 0.214. The number of halogens is 2. The van der Waals surface area contributed by atoms with Crippen molar-refractivity contribution in [3.05, 3.63) is 65.9 Å². The summed E-state index contributed by atoms with van der Waals surface area (Å²) in [6.45, 7) is 0.319. The molecule has 1 N–H and O–H groups in total. The van der Waals surface area contributed by atoms with Crippen molar-refractivity contribution in [3.63, 3.8) is 0 Å². The second-order valence-corrected chi connectivity index (χ2v) is 7.67. The smallest absolute Gasteiger partial charge is 0.387 e. The second-order valence-electron chi connectivity index (χ2n) is 7.67. The van der Waals surface area contributed by atoms with Crippen LogP contribution in [0, 0.1) is 0 Å². The molecule has 0 aliphatic carbocycles. The van der Waals surface area contributed by atoms with E-state index in [0.29, 0.717) is 13.1 Å². The summed E-state index contributed by atoms with van der Waals surface area (Å²) in [6.07, 6.45) is 6.93. The van der Waals surface area contributed by atoms with Gasteiger partial charge in [0.2, 0.25) is 0 Å². The number of nitrogens with zero attached hydrogens (tertiary/aromatic N) is 2. The van der Waals surface area contributed by atoms with Gasteiger partial charge in [0, 0.05) is 37.9 Å². The second kappa shape index (κ2) is 9.85. The van der Waals surface area contributed by atoms with E-state index in [4.69, 9.17) is 4.74 Å². The molecule has 3 aromatic rings. The molecule has 158 valence electrons. The first-order valence-corrected chi connectivity index (χ1v) is 10.6. The van der Waals surface area contributed by atoms with Crippen molar-refractivity contribution in [2.45, 2.75) is 45.4 Å². The molecule has 0 bridgehead atoms. The van der Waals surface area contributed by atoms with E-state index in [-0.39, 0.29) is 5.75 Å². The molecule has 0 amide bonds. The molecular formula is C24H27F2N3O. The fourth-order valence-corrected chi connectivity index (χ4v) is 4.04. The van der Waals surface area contributed by atoms with Gasteiger partial charge in [0.15, 0.2) is 0 Å². The topological polar surface area (TPSA) is 37.4 Å². The van der Waals surface area contributed by atoms with Crippen LogP contribution in [0.5, 0.6) is 5.75 Å². The maximum Gasteiger partial charge on any atom is 0.387 e. The number of alkyl halides is 2. The third kappa shape index (κ3) is 5.05. The van der Waals surface area contributed by atoms with Crippen LogP contribution in [0.2, 0.25) is 0 Å². The van der Waals surface area contributed by atoms with E-state index < -0.39 is 6.61 Å². The Hall–Kier alpha value is -2.73. The number of aromatic nitrogens is 1. The van der Waals surface area contributed by atoms with Crippen molar-refractivity contribution in [2.24, 2.45) is 0 Å². The molecule has 1 fully saturated rings.